The van der Waals surface area contributed by atoms with Crippen LogP contribution in [0.15, 0.2) is 24.3 Å². The summed E-state index contributed by atoms with van der Waals surface area (Å²) in [4.78, 5) is 0. The van der Waals surface area contributed by atoms with Gasteiger partial charge in [-0.05, 0) is 12.1 Å². The van der Waals surface area contributed by atoms with Crippen molar-refractivity contribution < 1.29 is 17.6 Å². The molecule has 0 fully saturated rings. The van der Waals surface area contributed by atoms with Crippen molar-refractivity contribution in [2.24, 2.45) is 0 Å². The van der Waals surface area contributed by atoms with E-state index in [1.165, 1.54) is 6.07 Å². The second-order valence-corrected chi connectivity index (χ2v) is 2.38. The van der Waals surface area contributed by atoms with Crippen molar-refractivity contribution in [1.29, 1.82) is 5.26 Å². The highest BCUT2D eigenvalue weighted by molar-refractivity contribution is 5.60. The van der Waals surface area contributed by atoms with Crippen LogP contribution in [0.5, 0.6) is 0 Å². The fraction of sp³-hybridized carbons (Fsp3) is 0. The minimum absolute atomic E-state index is 0.319. The van der Waals surface area contributed by atoms with E-state index in [1.807, 2.05) is 0 Å². The highest BCUT2D eigenvalue weighted by Gasteiger charge is 2.11. The van der Waals surface area contributed by atoms with Crippen LogP contribution >= 0.6 is 0 Å². The molecule has 1 rings (SSSR count). The Morgan fingerprint density at radius 2 is 1.86 bits per heavy atom. The maximum atomic E-state index is 12.8. The maximum Gasteiger partial charge on any atom is 0.306 e. The Morgan fingerprint density at radius 1 is 1.21 bits per heavy atom. The summed E-state index contributed by atoms with van der Waals surface area (Å²) in [5, 5.41) is 8.31. The largest absolute Gasteiger partial charge is 0.306 e. The Morgan fingerprint density at radius 3 is 2.29 bits per heavy atom. The lowest BCUT2D eigenvalue weighted by Gasteiger charge is -1.97. The van der Waals surface area contributed by atoms with E-state index in [0.717, 1.165) is 12.1 Å². The van der Waals surface area contributed by atoms with Gasteiger partial charge in [-0.25, -0.2) is 8.78 Å². The van der Waals surface area contributed by atoms with Gasteiger partial charge in [-0.15, -0.1) is 0 Å². The number of nitrogens with zero attached hydrogens (tertiary/aromatic N) is 1. The van der Waals surface area contributed by atoms with Crippen LogP contribution in [0.3, 0.4) is 0 Å². The minimum atomic E-state index is -2.52. The van der Waals surface area contributed by atoms with E-state index in [2.05, 4.69) is 0 Å². The lowest BCUT2D eigenvalue weighted by molar-refractivity contribution is 0.410. The molecule has 0 saturated heterocycles. The van der Waals surface area contributed by atoms with Gasteiger partial charge in [0, 0.05) is 5.56 Å². The molecule has 0 radical (unpaired) electrons. The SMILES string of the molecule is N#Cc1ccc(C(F)=C(F)F)cc1F. The highest BCUT2D eigenvalue weighted by Crippen LogP contribution is 2.23. The Bertz CT molecular complexity index is 427. The molecule has 0 N–H and O–H groups in total. The van der Waals surface area contributed by atoms with Gasteiger partial charge in [0.05, 0.1) is 5.56 Å². The lowest BCUT2D eigenvalue weighted by atomic mass is 10.1. The smallest absolute Gasteiger partial charge is 0.206 e. The van der Waals surface area contributed by atoms with Crippen molar-refractivity contribution in [1.82, 2.24) is 0 Å². The number of nitriles is 1. The van der Waals surface area contributed by atoms with E-state index in [0.29, 0.717) is 6.07 Å². The van der Waals surface area contributed by atoms with Crippen molar-refractivity contribution in [2.45, 2.75) is 0 Å². The van der Waals surface area contributed by atoms with Gasteiger partial charge in [0.2, 0.25) is 0 Å². The molecule has 0 unspecified atom stereocenters. The van der Waals surface area contributed by atoms with Crippen LogP contribution in [-0.2, 0) is 0 Å². The molecule has 0 spiro atoms. The average molecular weight is 201 g/mol. The third kappa shape index (κ3) is 1.91. The Hall–Kier alpha value is -1.83. The van der Waals surface area contributed by atoms with Crippen LogP contribution < -0.4 is 0 Å². The fourth-order valence-electron chi connectivity index (χ4n) is 0.851. The van der Waals surface area contributed by atoms with E-state index in [4.69, 9.17) is 5.26 Å². The van der Waals surface area contributed by atoms with Crippen LogP contribution in [0.25, 0.3) is 5.83 Å². The van der Waals surface area contributed by atoms with Crippen LogP contribution in [0.4, 0.5) is 17.6 Å². The van der Waals surface area contributed by atoms with E-state index in [9.17, 15) is 17.6 Å². The molecule has 0 amide bonds. The zero-order valence-electron chi connectivity index (χ0n) is 6.69. The maximum absolute atomic E-state index is 12.8. The van der Waals surface area contributed by atoms with E-state index in [1.54, 1.807) is 0 Å². The van der Waals surface area contributed by atoms with E-state index in [-0.39, 0.29) is 5.56 Å². The fourth-order valence-corrected chi connectivity index (χ4v) is 0.851. The number of benzene rings is 1. The number of hydrogen-bond donors (Lipinski definition) is 0. The van der Waals surface area contributed by atoms with Crippen molar-refractivity contribution in [3.05, 3.63) is 41.2 Å². The zero-order chi connectivity index (χ0) is 10.7. The topological polar surface area (TPSA) is 23.8 Å². The first-order chi connectivity index (χ1) is 6.56. The lowest BCUT2D eigenvalue weighted by Crippen LogP contribution is -1.87. The molecule has 1 nitrogen and oxygen atoms in total. The average Bonchev–Trinajstić information content (AvgIpc) is 2.16. The summed E-state index contributed by atoms with van der Waals surface area (Å²) >= 11 is 0. The third-order valence-electron chi connectivity index (χ3n) is 1.51. The summed E-state index contributed by atoms with van der Waals surface area (Å²) in [6.07, 6.45) is -2.52. The Labute approximate surface area is 76.9 Å². The molecule has 0 heterocycles. The summed E-state index contributed by atoms with van der Waals surface area (Å²) in [7, 11) is 0. The number of hydrogen-bond acceptors (Lipinski definition) is 1. The first-order valence-electron chi connectivity index (χ1n) is 3.47. The molecule has 1 aromatic rings. The molecule has 5 heteroatoms. The molecule has 1 aromatic carbocycles. The van der Waals surface area contributed by atoms with Gasteiger partial charge < -0.3 is 0 Å². The van der Waals surface area contributed by atoms with Crippen LogP contribution in [0.1, 0.15) is 11.1 Å². The molecule has 0 bridgehead atoms. The van der Waals surface area contributed by atoms with Gasteiger partial charge >= 0.3 is 6.08 Å². The summed E-state index contributed by atoms with van der Waals surface area (Å²) in [5.41, 5.74) is -0.901. The molecule has 0 aromatic heterocycles. The summed E-state index contributed by atoms with van der Waals surface area (Å²) in [6.45, 7) is 0. The van der Waals surface area contributed by atoms with Gasteiger partial charge in [0.15, 0.2) is 5.83 Å². The minimum Gasteiger partial charge on any atom is -0.206 e. The monoisotopic (exact) mass is 201 g/mol. The van der Waals surface area contributed by atoms with Crippen molar-refractivity contribution in [2.75, 3.05) is 0 Å². The first-order valence-corrected chi connectivity index (χ1v) is 3.47. The van der Waals surface area contributed by atoms with Crippen molar-refractivity contribution in [3.8, 4) is 6.07 Å². The Balaban J connectivity index is 3.24. The molecular formula is C9H3F4N. The molecular weight excluding hydrogens is 198 g/mol. The molecule has 14 heavy (non-hydrogen) atoms. The Kier molecular flexibility index (Phi) is 2.87. The van der Waals surface area contributed by atoms with Gasteiger partial charge in [-0.3, -0.25) is 0 Å². The van der Waals surface area contributed by atoms with Gasteiger partial charge in [0.1, 0.15) is 11.9 Å². The van der Waals surface area contributed by atoms with Gasteiger partial charge in [-0.2, -0.15) is 14.0 Å². The quantitative estimate of drug-likeness (QED) is 0.640. The molecule has 0 aliphatic rings. The predicted octanol–water partition coefficient (Wildman–Crippen LogP) is 3.23. The van der Waals surface area contributed by atoms with Gasteiger partial charge in [0.25, 0.3) is 0 Å². The second kappa shape index (κ2) is 3.92. The second-order valence-electron chi connectivity index (χ2n) is 2.38. The van der Waals surface area contributed by atoms with E-state index >= 15 is 0 Å². The molecule has 0 aliphatic carbocycles. The van der Waals surface area contributed by atoms with Crippen molar-refractivity contribution in [3.63, 3.8) is 0 Å². The standard InChI is InChI=1S/C9H3F4N/c10-7-3-5(8(11)9(12)13)1-2-6(7)4-14/h1-3H. The normalized spacial score (nSPS) is 9.36. The van der Waals surface area contributed by atoms with E-state index < -0.39 is 23.3 Å². The zero-order valence-corrected chi connectivity index (χ0v) is 6.69. The molecule has 72 valence electrons. The van der Waals surface area contributed by atoms with Crippen LogP contribution in [-0.4, -0.2) is 0 Å². The predicted molar refractivity (Wildman–Crippen MR) is 41.4 cm³/mol. The van der Waals surface area contributed by atoms with Crippen LogP contribution in [0.2, 0.25) is 0 Å². The molecule has 0 atom stereocenters. The summed E-state index contributed by atoms with van der Waals surface area (Å²) < 4.78 is 48.9. The number of rotatable bonds is 1. The van der Waals surface area contributed by atoms with Crippen LogP contribution in [0, 0.1) is 17.1 Å². The summed E-state index contributed by atoms with van der Waals surface area (Å²) in [5.74, 6) is -2.81. The number of halogens is 4. The molecule has 0 aliphatic heterocycles. The summed E-state index contributed by atoms with van der Waals surface area (Å²) in [6, 6.07) is 3.89. The first kappa shape index (κ1) is 10.3. The van der Waals surface area contributed by atoms with Gasteiger partial charge in [-0.1, -0.05) is 6.07 Å². The third-order valence-corrected chi connectivity index (χ3v) is 1.51. The van der Waals surface area contributed by atoms with Crippen molar-refractivity contribution >= 4 is 5.83 Å². The highest BCUT2D eigenvalue weighted by atomic mass is 19.3. The molecule has 0 saturated carbocycles.